The van der Waals surface area contributed by atoms with Gasteiger partial charge in [-0.15, -0.1) is 0 Å². The molecular weight excluding hydrogens is 194 g/mol. The maximum Gasteiger partial charge on any atom is 0.0457 e. The van der Waals surface area contributed by atoms with Gasteiger partial charge in [0.15, 0.2) is 0 Å². The van der Waals surface area contributed by atoms with Crippen molar-refractivity contribution in [1.29, 1.82) is 0 Å². The molecule has 0 unspecified atom stereocenters. The first-order valence-electron chi connectivity index (χ1n) is 5.60. The standard InChI is InChI=1S/C15H11N/c1-2-4-13-10(3-1)7-12-9-15-11(5-6-16-15)8-14(12)13/h1-6,8-9,16H,7H2. The lowest BCUT2D eigenvalue weighted by molar-refractivity contribution is 1.27. The fourth-order valence-electron chi connectivity index (χ4n) is 2.68. The van der Waals surface area contributed by atoms with Gasteiger partial charge in [0, 0.05) is 11.7 Å². The molecule has 0 radical (unpaired) electrons. The van der Waals surface area contributed by atoms with Crippen LogP contribution in [0, 0.1) is 0 Å². The van der Waals surface area contributed by atoms with Gasteiger partial charge < -0.3 is 4.98 Å². The monoisotopic (exact) mass is 205 g/mol. The Morgan fingerprint density at radius 1 is 0.875 bits per heavy atom. The maximum absolute atomic E-state index is 3.28. The normalized spacial score (nSPS) is 12.8. The number of fused-ring (bicyclic) bond motifs is 4. The molecular formula is C15H11N. The molecule has 3 aromatic rings. The first-order chi connectivity index (χ1) is 7.92. The molecule has 1 aliphatic carbocycles. The molecule has 1 heterocycles. The summed E-state index contributed by atoms with van der Waals surface area (Å²) in [6.07, 6.45) is 3.08. The Balaban J connectivity index is 2.09. The van der Waals surface area contributed by atoms with Gasteiger partial charge in [0.1, 0.15) is 0 Å². The van der Waals surface area contributed by atoms with Gasteiger partial charge in [0.05, 0.1) is 0 Å². The number of aromatic amines is 1. The van der Waals surface area contributed by atoms with Crippen LogP contribution in [0.3, 0.4) is 0 Å². The first-order valence-corrected chi connectivity index (χ1v) is 5.60. The zero-order chi connectivity index (χ0) is 10.5. The van der Waals surface area contributed by atoms with Crippen LogP contribution >= 0.6 is 0 Å². The second-order valence-electron chi connectivity index (χ2n) is 4.41. The third kappa shape index (κ3) is 0.951. The van der Waals surface area contributed by atoms with E-state index in [4.69, 9.17) is 0 Å². The van der Waals surface area contributed by atoms with Crippen molar-refractivity contribution in [2.45, 2.75) is 6.42 Å². The van der Waals surface area contributed by atoms with E-state index in [0.29, 0.717) is 0 Å². The van der Waals surface area contributed by atoms with E-state index in [1.807, 2.05) is 6.20 Å². The number of nitrogens with one attached hydrogen (secondary N) is 1. The predicted molar refractivity (Wildman–Crippen MR) is 66.5 cm³/mol. The zero-order valence-electron chi connectivity index (χ0n) is 8.83. The Hall–Kier alpha value is -2.02. The maximum atomic E-state index is 3.28. The summed E-state index contributed by atoms with van der Waals surface area (Å²) in [6, 6.07) is 15.4. The quantitative estimate of drug-likeness (QED) is 0.450. The molecule has 4 rings (SSSR count). The molecule has 1 heteroatoms. The molecule has 0 aliphatic heterocycles. The minimum Gasteiger partial charge on any atom is -0.361 e. The highest BCUT2D eigenvalue weighted by Gasteiger charge is 2.18. The van der Waals surface area contributed by atoms with Gasteiger partial charge in [0.25, 0.3) is 0 Å². The van der Waals surface area contributed by atoms with Crippen LogP contribution in [0.2, 0.25) is 0 Å². The Bertz CT molecular complexity index is 691. The van der Waals surface area contributed by atoms with Crippen molar-refractivity contribution in [1.82, 2.24) is 4.98 Å². The van der Waals surface area contributed by atoms with E-state index in [9.17, 15) is 0 Å². The van der Waals surface area contributed by atoms with E-state index in [2.05, 4.69) is 47.4 Å². The van der Waals surface area contributed by atoms with Crippen molar-refractivity contribution in [3.8, 4) is 11.1 Å². The lowest BCUT2D eigenvalue weighted by Gasteiger charge is -2.00. The smallest absolute Gasteiger partial charge is 0.0457 e. The van der Waals surface area contributed by atoms with Crippen LogP contribution in [0.5, 0.6) is 0 Å². The SMILES string of the molecule is c1ccc2c(c1)Cc1cc3[nH]ccc3cc1-2. The predicted octanol–water partition coefficient (Wildman–Crippen LogP) is 3.74. The van der Waals surface area contributed by atoms with Gasteiger partial charge in [-0.1, -0.05) is 24.3 Å². The van der Waals surface area contributed by atoms with Crippen LogP contribution in [-0.2, 0) is 6.42 Å². The van der Waals surface area contributed by atoms with Crippen LogP contribution in [0.4, 0.5) is 0 Å². The average molecular weight is 205 g/mol. The van der Waals surface area contributed by atoms with E-state index in [1.165, 1.54) is 33.2 Å². The molecule has 0 saturated carbocycles. The summed E-state index contributed by atoms with van der Waals surface area (Å²) < 4.78 is 0. The van der Waals surface area contributed by atoms with Crippen molar-refractivity contribution < 1.29 is 0 Å². The van der Waals surface area contributed by atoms with E-state index in [1.54, 1.807) is 0 Å². The minimum atomic E-state index is 1.07. The van der Waals surface area contributed by atoms with Gasteiger partial charge >= 0.3 is 0 Å². The molecule has 0 amide bonds. The number of aromatic nitrogens is 1. The highest BCUT2D eigenvalue weighted by molar-refractivity contribution is 5.90. The third-order valence-electron chi connectivity index (χ3n) is 3.47. The Morgan fingerprint density at radius 3 is 2.81 bits per heavy atom. The largest absolute Gasteiger partial charge is 0.361 e. The van der Waals surface area contributed by atoms with Gasteiger partial charge in [-0.25, -0.2) is 0 Å². The molecule has 0 spiro atoms. The van der Waals surface area contributed by atoms with E-state index in [0.717, 1.165) is 6.42 Å². The van der Waals surface area contributed by atoms with E-state index in [-0.39, 0.29) is 0 Å². The van der Waals surface area contributed by atoms with Crippen LogP contribution in [-0.4, -0.2) is 4.98 Å². The number of hydrogen-bond donors (Lipinski definition) is 1. The third-order valence-corrected chi connectivity index (χ3v) is 3.47. The minimum absolute atomic E-state index is 1.07. The fraction of sp³-hybridized carbons (Fsp3) is 0.0667. The molecule has 2 aromatic carbocycles. The first kappa shape index (κ1) is 8.17. The van der Waals surface area contributed by atoms with Crippen molar-refractivity contribution >= 4 is 10.9 Å². The molecule has 1 N–H and O–H groups in total. The van der Waals surface area contributed by atoms with Gasteiger partial charge in [-0.2, -0.15) is 0 Å². The second kappa shape index (κ2) is 2.76. The van der Waals surface area contributed by atoms with Crippen molar-refractivity contribution in [2.24, 2.45) is 0 Å². The van der Waals surface area contributed by atoms with Crippen molar-refractivity contribution in [2.75, 3.05) is 0 Å². The van der Waals surface area contributed by atoms with Crippen LogP contribution in [0.1, 0.15) is 11.1 Å². The van der Waals surface area contributed by atoms with Crippen LogP contribution < -0.4 is 0 Å². The Kier molecular flexibility index (Phi) is 1.41. The molecule has 0 fully saturated rings. The molecule has 0 saturated heterocycles. The lowest BCUT2D eigenvalue weighted by atomic mass is 10.0. The lowest BCUT2D eigenvalue weighted by Crippen LogP contribution is -1.79. The van der Waals surface area contributed by atoms with Crippen LogP contribution in [0.15, 0.2) is 48.7 Å². The fourth-order valence-corrected chi connectivity index (χ4v) is 2.68. The molecule has 76 valence electrons. The highest BCUT2D eigenvalue weighted by atomic mass is 14.7. The van der Waals surface area contributed by atoms with Crippen molar-refractivity contribution in [3.05, 3.63) is 59.8 Å². The second-order valence-corrected chi connectivity index (χ2v) is 4.41. The summed E-state index contributed by atoms with van der Waals surface area (Å²) in [4.78, 5) is 3.28. The van der Waals surface area contributed by atoms with Crippen LogP contribution in [0.25, 0.3) is 22.0 Å². The number of benzene rings is 2. The Morgan fingerprint density at radius 2 is 1.81 bits per heavy atom. The molecule has 1 aromatic heterocycles. The zero-order valence-corrected chi connectivity index (χ0v) is 8.83. The average Bonchev–Trinajstić information content (AvgIpc) is 2.88. The molecule has 1 nitrogen and oxygen atoms in total. The summed E-state index contributed by atoms with van der Waals surface area (Å²) in [7, 11) is 0. The van der Waals surface area contributed by atoms with Crippen molar-refractivity contribution in [3.63, 3.8) is 0 Å². The van der Waals surface area contributed by atoms with Gasteiger partial charge in [0.2, 0.25) is 0 Å². The number of hydrogen-bond acceptors (Lipinski definition) is 0. The molecule has 16 heavy (non-hydrogen) atoms. The number of rotatable bonds is 0. The molecule has 0 atom stereocenters. The topological polar surface area (TPSA) is 15.8 Å². The molecule has 1 aliphatic rings. The van der Waals surface area contributed by atoms with E-state index >= 15 is 0 Å². The number of H-pyrrole nitrogens is 1. The summed E-state index contributed by atoms with van der Waals surface area (Å²) >= 11 is 0. The summed E-state index contributed by atoms with van der Waals surface area (Å²) in [5.74, 6) is 0. The Labute approximate surface area is 93.7 Å². The van der Waals surface area contributed by atoms with E-state index < -0.39 is 0 Å². The van der Waals surface area contributed by atoms with Gasteiger partial charge in [-0.05, 0) is 52.3 Å². The summed E-state index contributed by atoms with van der Waals surface area (Å²) in [5.41, 5.74) is 6.94. The molecule has 0 bridgehead atoms. The summed E-state index contributed by atoms with van der Waals surface area (Å²) in [6.45, 7) is 0. The van der Waals surface area contributed by atoms with Gasteiger partial charge in [-0.3, -0.25) is 0 Å². The summed E-state index contributed by atoms with van der Waals surface area (Å²) in [5, 5.41) is 1.30. The highest BCUT2D eigenvalue weighted by Crippen LogP contribution is 2.38.